The van der Waals surface area contributed by atoms with Crippen LogP contribution in [0.15, 0.2) is 17.3 Å². The number of phenolic OH excluding ortho intramolecular Hbond substituents is 1. The second-order valence-corrected chi connectivity index (χ2v) is 8.28. The Kier molecular flexibility index (Phi) is 4.66. The van der Waals surface area contributed by atoms with Gasteiger partial charge < -0.3 is 14.7 Å². The zero-order chi connectivity index (χ0) is 18.3. The molecule has 1 atom stereocenters. The molecule has 5 heteroatoms. The number of hydrogen-bond donors (Lipinski definition) is 1. The van der Waals surface area contributed by atoms with Gasteiger partial charge in [0, 0.05) is 23.1 Å². The minimum Gasteiger partial charge on any atom is -0.507 e. The van der Waals surface area contributed by atoms with E-state index in [1.54, 1.807) is 0 Å². The number of carbonyl (C=O) groups excluding carboxylic acids is 1. The number of benzene rings is 1. The van der Waals surface area contributed by atoms with E-state index >= 15 is 0 Å². The van der Waals surface area contributed by atoms with Crippen molar-refractivity contribution in [3.8, 4) is 5.75 Å². The Morgan fingerprint density at radius 3 is 2.08 bits per heavy atom. The lowest BCUT2D eigenvalue weighted by Gasteiger charge is -2.28. The second-order valence-electron chi connectivity index (χ2n) is 8.28. The molecule has 5 nitrogen and oxygen atoms in total. The number of rotatable bonds is 2. The summed E-state index contributed by atoms with van der Waals surface area (Å²) in [5.74, 6) is -0.109. The molecule has 0 saturated heterocycles. The first-order valence-corrected chi connectivity index (χ1v) is 8.14. The van der Waals surface area contributed by atoms with Crippen molar-refractivity contribution >= 4 is 11.7 Å². The molecule has 24 heavy (non-hydrogen) atoms. The fraction of sp³-hybridized carbons (Fsp3) is 0.579. The lowest BCUT2D eigenvalue weighted by Crippen LogP contribution is -2.23. The van der Waals surface area contributed by atoms with Gasteiger partial charge in [0.25, 0.3) is 0 Å². The zero-order valence-corrected chi connectivity index (χ0v) is 15.6. The molecule has 1 aromatic rings. The number of nitrogens with zero attached hydrogens (tertiary/aromatic N) is 1. The van der Waals surface area contributed by atoms with Crippen LogP contribution < -0.4 is 0 Å². The van der Waals surface area contributed by atoms with Gasteiger partial charge >= 0.3 is 5.97 Å². The van der Waals surface area contributed by atoms with E-state index < -0.39 is 12.1 Å². The van der Waals surface area contributed by atoms with E-state index in [2.05, 4.69) is 46.7 Å². The molecule has 0 radical (unpaired) electrons. The predicted octanol–water partition coefficient (Wildman–Crippen LogP) is 3.65. The van der Waals surface area contributed by atoms with Crippen LogP contribution in [0.1, 0.15) is 64.7 Å². The highest BCUT2D eigenvalue weighted by Gasteiger charge is 2.32. The van der Waals surface area contributed by atoms with Crippen molar-refractivity contribution in [2.45, 2.75) is 64.9 Å². The number of oxime groups is 1. The van der Waals surface area contributed by atoms with Gasteiger partial charge in [-0.3, -0.25) is 0 Å². The maximum atomic E-state index is 11.6. The Hall–Kier alpha value is -2.04. The van der Waals surface area contributed by atoms with Crippen LogP contribution in [0.2, 0.25) is 0 Å². The van der Waals surface area contributed by atoms with Crippen LogP contribution in [0.5, 0.6) is 5.75 Å². The maximum absolute atomic E-state index is 11.6. The summed E-state index contributed by atoms with van der Waals surface area (Å²) in [6.45, 7) is 12.3. The zero-order valence-electron chi connectivity index (χ0n) is 15.6. The number of esters is 1. The topological polar surface area (TPSA) is 68.1 Å². The second kappa shape index (κ2) is 6.11. The molecule has 2 rings (SSSR count). The summed E-state index contributed by atoms with van der Waals surface area (Å²) in [5, 5.41) is 14.8. The first-order chi connectivity index (χ1) is 10.9. The molecule has 0 amide bonds. The minimum atomic E-state index is -0.699. The molecule has 0 aliphatic carbocycles. The van der Waals surface area contributed by atoms with Crippen LogP contribution in [0.25, 0.3) is 0 Å². The fourth-order valence-corrected chi connectivity index (χ4v) is 2.75. The third-order valence-electron chi connectivity index (χ3n) is 4.19. The van der Waals surface area contributed by atoms with E-state index in [1.807, 2.05) is 12.1 Å². The monoisotopic (exact) mass is 333 g/mol. The van der Waals surface area contributed by atoms with Crippen LogP contribution in [-0.2, 0) is 25.2 Å². The third kappa shape index (κ3) is 3.55. The number of ether oxygens (including phenoxy) is 1. The predicted molar refractivity (Wildman–Crippen MR) is 93.5 cm³/mol. The standard InChI is InChI=1S/C19H27NO4/c1-18(2,3)12-8-11(9-13(16(12)21)19(4,5)6)14-10-15(24-20-14)17(22)23-7/h8-9,15,21H,10H2,1-7H3/t15-/m1/s1. The largest absolute Gasteiger partial charge is 0.507 e. The number of carbonyl (C=O) groups is 1. The molecule has 1 heterocycles. The lowest BCUT2D eigenvalue weighted by molar-refractivity contribution is -0.152. The van der Waals surface area contributed by atoms with E-state index in [0.717, 1.165) is 16.7 Å². The van der Waals surface area contributed by atoms with Crippen LogP contribution in [0.3, 0.4) is 0 Å². The van der Waals surface area contributed by atoms with E-state index in [0.29, 0.717) is 17.9 Å². The average Bonchev–Trinajstić information content (AvgIpc) is 2.94. The molecule has 0 bridgehead atoms. The van der Waals surface area contributed by atoms with Gasteiger partial charge in [0.1, 0.15) is 5.75 Å². The van der Waals surface area contributed by atoms with E-state index in [9.17, 15) is 9.90 Å². The highest BCUT2D eigenvalue weighted by molar-refractivity contribution is 6.04. The summed E-state index contributed by atoms with van der Waals surface area (Å²) in [4.78, 5) is 16.8. The third-order valence-corrected chi connectivity index (χ3v) is 4.19. The Bertz CT molecular complexity index is 643. The van der Waals surface area contributed by atoms with Crippen LogP contribution in [0.4, 0.5) is 0 Å². The summed E-state index contributed by atoms with van der Waals surface area (Å²) >= 11 is 0. The van der Waals surface area contributed by atoms with Crippen molar-refractivity contribution < 1.29 is 19.5 Å². The molecule has 1 aromatic carbocycles. The van der Waals surface area contributed by atoms with E-state index in [4.69, 9.17) is 9.57 Å². The van der Waals surface area contributed by atoms with Crippen molar-refractivity contribution in [3.63, 3.8) is 0 Å². The van der Waals surface area contributed by atoms with Crippen molar-refractivity contribution in [2.75, 3.05) is 7.11 Å². The molecule has 0 spiro atoms. The average molecular weight is 333 g/mol. The Morgan fingerprint density at radius 2 is 1.67 bits per heavy atom. The normalized spacial score (nSPS) is 18.1. The summed E-state index contributed by atoms with van der Waals surface area (Å²) < 4.78 is 4.72. The minimum absolute atomic E-state index is 0.220. The number of methoxy groups -OCH3 is 1. The number of aromatic hydroxyl groups is 1. The van der Waals surface area contributed by atoms with Crippen molar-refractivity contribution in [2.24, 2.45) is 5.16 Å². The van der Waals surface area contributed by atoms with Crippen molar-refractivity contribution in [1.29, 1.82) is 0 Å². The van der Waals surface area contributed by atoms with Gasteiger partial charge in [-0.25, -0.2) is 4.79 Å². The summed E-state index contributed by atoms with van der Waals surface area (Å²) in [5.41, 5.74) is 2.84. The van der Waals surface area contributed by atoms with Crippen LogP contribution >= 0.6 is 0 Å². The lowest BCUT2D eigenvalue weighted by atomic mass is 9.78. The van der Waals surface area contributed by atoms with Crippen molar-refractivity contribution in [3.05, 3.63) is 28.8 Å². The molecule has 0 saturated carbocycles. The van der Waals surface area contributed by atoms with Gasteiger partial charge in [-0.05, 0) is 23.0 Å². The van der Waals surface area contributed by atoms with E-state index in [1.165, 1.54) is 7.11 Å². The van der Waals surface area contributed by atoms with Gasteiger partial charge in [0.05, 0.1) is 12.8 Å². The Morgan fingerprint density at radius 1 is 1.17 bits per heavy atom. The summed E-state index contributed by atoms with van der Waals surface area (Å²) in [6, 6.07) is 3.87. The molecule has 132 valence electrons. The highest BCUT2D eigenvalue weighted by Crippen LogP contribution is 2.40. The highest BCUT2D eigenvalue weighted by atomic mass is 16.7. The first kappa shape index (κ1) is 18.3. The quantitative estimate of drug-likeness (QED) is 0.839. The molecular weight excluding hydrogens is 306 g/mol. The van der Waals surface area contributed by atoms with E-state index in [-0.39, 0.29) is 10.8 Å². The molecule has 0 aromatic heterocycles. The van der Waals surface area contributed by atoms with Gasteiger partial charge in [0.15, 0.2) is 0 Å². The molecule has 1 N–H and O–H groups in total. The Balaban J connectivity index is 2.51. The van der Waals surface area contributed by atoms with Gasteiger partial charge in [-0.2, -0.15) is 0 Å². The van der Waals surface area contributed by atoms with Gasteiger partial charge in [-0.15, -0.1) is 0 Å². The number of hydrogen-bond acceptors (Lipinski definition) is 5. The molecule has 0 fully saturated rings. The first-order valence-electron chi connectivity index (χ1n) is 8.14. The van der Waals surface area contributed by atoms with Crippen LogP contribution in [-0.4, -0.2) is 30.0 Å². The molecule has 1 aliphatic rings. The SMILES string of the molecule is COC(=O)[C@H]1CC(c2cc(C(C)(C)C)c(O)c(C(C)(C)C)c2)=NO1. The fourth-order valence-electron chi connectivity index (χ4n) is 2.75. The molecule has 1 aliphatic heterocycles. The van der Waals surface area contributed by atoms with Crippen molar-refractivity contribution in [1.82, 2.24) is 0 Å². The number of phenols is 1. The van der Waals surface area contributed by atoms with Gasteiger partial charge in [-0.1, -0.05) is 46.7 Å². The molecular formula is C19H27NO4. The molecule has 0 unspecified atom stereocenters. The summed E-state index contributed by atoms with van der Waals surface area (Å²) in [7, 11) is 1.33. The summed E-state index contributed by atoms with van der Waals surface area (Å²) in [6.07, 6.45) is -0.333. The van der Waals surface area contributed by atoms with Crippen LogP contribution in [0, 0.1) is 0 Å². The van der Waals surface area contributed by atoms with Gasteiger partial charge in [0.2, 0.25) is 6.10 Å². The smallest absolute Gasteiger partial charge is 0.350 e. The Labute approximate surface area is 143 Å². The maximum Gasteiger partial charge on any atom is 0.350 e.